The van der Waals surface area contributed by atoms with E-state index < -0.39 is 0 Å². The van der Waals surface area contributed by atoms with Gasteiger partial charge in [0.2, 0.25) is 11.8 Å². The summed E-state index contributed by atoms with van der Waals surface area (Å²) < 4.78 is 5.92. The van der Waals surface area contributed by atoms with Crippen LogP contribution in [-0.4, -0.2) is 16.6 Å². The van der Waals surface area contributed by atoms with E-state index in [0.29, 0.717) is 12.3 Å². The molecular formula is C19H17N3O2. The van der Waals surface area contributed by atoms with Gasteiger partial charge in [0.05, 0.1) is 5.71 Å². The number of carbonyl (C=O) groups is 1. The summed E-state index contributed by atoms with van der Waals surface area (Å²) in [4.78, 5) is 16.1. The molecule has 0 saturated heterocycles. The zero-order valence-electron chi connectivity index (χ0n) is 13.3. The number of rotatable bonds is 3. The molecular weight excluding hydrogens is 302 g/mol. The monoisotopic (exact) mass is 319 g/mol. The van der Waals surface area contributed by atoms with Gasteiger partial charge in [-0.1, -0.05) is 31.2 Å². The highest BCUT2D eigenvalue weighted by Crippen LogP contribution is 2.27. The molecule has 4 rings (SSSR count). The van der Waals surface area contributed by atoms with E-state index >= 15 is 0 Å². The Balaban J connectivity index is 1.75. The minimum absolute atomic E-state index is 0.0299. The molecule has 1 amide bonds. The Morgan fingerprint density at radius 1 is 1.17 bits per heavy atom. The van der Waals surface area contributed by atoms with Crippen LogP contribution < -0.4 is 5.43 Å². The van der Waals surface area contributed by atoms with Gasteiger partial charge in [-0.15, -0.1) is 0 Å². The van der Waals surface area contributed by atoms with E-state index in [1.54, 1.807) is 0 Å². The van der Waals surface area contributed by atoms with Crippen LogP contribution in [0, 0.1) is 5.92 Å². The molecule has 1 aliphatic heterocycles. The number of fused-ring (bicyclic) bond motifs is 1. The minimum atomic E-state index is -0.0299. The molecule has 1 aliphatic rings. The number of carbonyl (C=O) groups excluding carboxylic acids is 1. The van der Waals surface area contributed by atoms with Gasteiger partial charge in [0.15, 0.2) is 5.58 Å². The summed E-state index contributed by atoms with van der Waals surface area (Å²) in [5, 5.41) is 4.26. The van der Waals surface area contributed by atoms with Gasteiger partial charge in [0, 0.05) is 23.5 Å². The van der Waals surface area contributed by atoms with Crippen molar-refractivity contribution in [3.63, 3.8) is 0 Å². The van der Waals surface area contributed by atoms with Gasteiger partial charge in [0.25, 0.3) is 0 Å². The van der Waals surface area contributed by atoms with Crippen LogP contribution in [0.5, 0.6) is 0 Å². The first-order valence-electron chi connectivity index (χ1n) is 8.07. The highest BCUT2D eigenvalue weighted by Gasteiger charge is 2.24. The van der Waals surface area contributed by atoms with Crippen molar-refractivity contribution >= 4 is 22.7 Å². The highest BCUT2D eigenvalue weighted by atomic mass is 16.3. The lowest BCUT2D eigenvalue weighted by Crippen LogP contribution is -2.33. The zero-order valence-corrected chi connectivity index (χ0v) is 13.3. The smallest absolute Gasteiger partial charge is 0.240 e. The predicted molar refractivity (Wildman–Crippen MR) is 92.5 cm³/mol. The molecule has 1 aromatic heterocycles. The van der Waals surface area contributed by atoms with E-state index in [2.05, 4.69) is 22.4 Å². The van der Waals surface area contributed by atoms with E-state index in [1.807, 2.05) is 48.5 Å². The lowest BCUT2D eigenvalue weighted by molar-refractivity contribution is -0.122. The van der Waals surface area contributed by atoms with E-state index in [0.717, 1.165) is 34.4 Å². The van der Waals surface area contributed by atoms with E-state index in [9.17, 15) is 4.79 Å². The molecule has 0 radical (unpaired) electrons. The molecule has 0 aliphatic carbocycles. The number of hydrogen-bond donors (Lipinski definition) is 1. The Labute approximate surface area is 139 Å². The van der Waals surface area contributed by atoms with Crippen molar-refractivity contribution in [2.75, 3.05) is 0 Å². The van der Waals surface area contributed by atoms with Gasteiger partial charge in [0.1, 0.15) is 5.52 Å². The highest BCUT2D eigenvalue weighted by molar-refractivity contribution is 6.07. The maximum Gasteiger partial charge on any atom is 0.240 e. The number of oxazole rings is 1. The molecule has 0 saturated carbocycles. The summed E-state index contributed by atoms with van der Waals surface area (Å²) in [5.41, 5.74) is 6.92. The van der Waals surface area contributed by atoms with Gasteiger partial charge >= 0.3 is 0 Å². The van der Waals surface area contributed by atoms with E-state index in [1.165, 1.54) is 0 Å². The number of aromatic nitrogens is 1. The van der Waals surface area contributed by atoms with Crippen molar-refractivity contribution in [1.29, 1.82) is 0 Å². The molecule has 0 spiro atoms. The van der Waals surface area contributed by atoms with Crippen LogP contribution in [0.25, 0.3) is 22.6 Å². The largest absolute Gasteiger partial charge is 0.436 e. The molecule has 1 atom stereocenters. The summed E-state index contributed by atoms with van der Waals surface area (Å²) >= 11 is 0. The lowest BCUT2D eigenvalue weighted by Gasteiger charge is -2.21. The van der Waals surface area contributed by atoms with Crippen molar-refractivity contribution in [3.8, 4) is 11.5 Å². The van der Waals surface area contributed by atoms with Crippen LogP contribution in [0.2, 0.25) is 0 Å². The molecule has 2 heterocycles. The quantitative estimate of drug-likeness (QED) is 0.799. The van der Waals surface area contributed by atoms with Gasteiger partial charge in [-0.25, -0.2) is 10.4 Å². The molecule has 5 nitrogen and oxygen atoms in total. The molecule has 0 fully saturated rings. The van der Waals surface area contributed by atoms with Crippen LogP contribution >= 0.6 is 0 Å². The van der Waals surface area contributed by atoms with Gasteiger partial charge in [-0.2, -0.15) is 5.10 Å². The molecule has 1 N–H and O–H groups in total. The van der Waals surface area contributed by atoms with Crippen molar-refractivity contribution in [2.24, 2.45) is 11.0 Å². The predicted octanol–water partition coefficient (Wildman–Crippen LogP) is 3.75. The van der Waals surface area contributed by atoms with Crippen molar-refractivity contribution in [3.05, 3.63) is 54.1 Å². The maximum atomic E-state index is 11.5. The second kappa shape index (κ2) is 5.92. The Morgan fingerprint density at radius 3 is 2.79 bits per heavy atom. The molecule has 5 heteroatoms. The fourth-order valence-electron chi connectivity index (χ4n) is 3.01. The maximum absolute atomic E-state index is 11.5. The fourth-order valence-corrected chi connectivity index (χ4v) is 3.01. The van der Waals surface area contributed by atoms with Crippen molar-refractivity contribution in [1.82, 2.24) is 10.4 Å². The van der Waals surface area contributed by atoms with E-state index in [4.69, 9.17) is 4.42 Å². The first-order chi connectivity index (χ1) is 11.7. The van der Waals surface area contributed by atoms with Crippen LogP contribution in [0.3, 0.4) is 0 Å². The van der Waals surface area contributed by atoms with Crippen LogP contribution in [-0.2, 0) is 4.79 Å². The third-order valence-corrected chi connectivity index (χ3v) is 4.32. The summed E-state index contributed by atoms with van der Waals surface area (Å²) in [7, 11) is 0. The number of hydrazone groups is 1. The number of amides is 1. The topological polar surface area (TPSA) is 67.5 Å². The third kappa shape index (κ3) is 2.58. The van der Waals surface area contributed by atoms with Crippen molar-refractivity contribution in [2.45, 2.75) is 19.8 Å². The van der Waals surface area contributed by atoms with Gasteiger partial charge in [-0.05, 0) is 30.7 Å². The first kappa shape index (κ1) is 14.6. The summed E-state index contributed by atoms with van der Waals surface area (Å²) in [6, 6.07) is 15.7. The van der Waals surface area contributed by atoms with Crippen LogP contribution in [0.15, 0.2) is 58.0 Å². The lowest BCUT2D eigenvalue weighted by atomic mass is 9.90. The minimum Gasteiger partial charge on any atom is -0.436 e. The SMILES string of the molecule is CC[C@@H]1CC(=O)NN=C1c1ccc2nc(-c3ccccc3)oc2c1. The normalized spacial score (nSPS) is 17.6. The fraction of sp³-hybridized carbons (Fsp3) is 0.211. The summed E-state index contributed by atoms with van der Waals surface area (Å²) in [6.07, 6.45) is 1.34. The third-order valence-electron chi connectivity index (χ3n) is 4.32. The number of nitrogens with zero attached hydrogens (tertiary/aromatic N) is 2. The average molecular weight is 319 g/mol. The number of hydrogen-bond acceptors (Lipinski definition) is 4. The molecule has 24 heavy (non-hydrogen) atoms. The van der Waals surface area contributed by atoms with Crippen LogP contribution in [0.1, 0.15) is 25.3 Å². The molecule has 2 aromatic carbocycles. The zero-order chi connectivity index (χ0) is 16.5. The number of nitrogens with one attached hydrogen (secondary N) is 1. The van der Waals surface area contributed by atoms with E-state index in [-0.39, 0.29) is 11.8 Å². The average Bonchev–Trinajstić information content (AvgIpc) is 3.05. The first-order valence-corrected chi connectivity index (χ1v) is 8.07. The van der Waals surface area contributed by atoms with Crippen LogP contribution in [0.4, 0.5) is 0 Å². The van der Waals surface area contributed by atoms with Gasteiger partial charge in [-0.3, -0.25) is 4.79 Å². The Morgan fingerprint density at radius 2 is 2.00 bits per heavy atom. The molecule has 3 aromatic rings. The van der Waals surface area contributed by atoms with Gasteiger partial charge < -0.3 is 4.42 Å². The standard InChI is InChI=1S/C19H17N3O2/c1-2-12-11-17(23)21-22-18(12)14-8-9-15-16(10-14)24-19(20-15)13-6-4-3-5-7-13/h3-10,12H,2,11H2,1H3,(H,21,23)/t12-/m1/s1. The second-order valence-corrected chi connectivity index (χ2v) is 5.91. The van der Waals surface area contributed by atoms with Crippen molar-refractivity contribution < 1.29 is 9.21 Å². The second-order valence-electron chi connectivity index (χ2n) is 5.91. The summed E-state index contributed by atoms with van der Waals surface area (Å²) in [5.74, 6) is 0.707. The molecule has 0 bridgehead atoms. The molecule has 120 valence electrons. The Kier molecular flexibility index (Phi) is 3.61. The number of benzene rings is 2. The Bertz CT molecular complexity index is 928. The molecule has 0 unspecified atom stereocenters. The Hall–Kier alpha value is -2.95. The summed E-state index contributed by atoms with van der Waals surface area (Å²) in [6.45, 7) is 2.07.